The van der Waals surface area contributed by atoms with Crippen LogP contribution >= 0.6 is 11.6 Å². The lowest BCUT2D eigenvalue weighted by atomic mass is 10.2. The number of amides is 1. The van der Waals surface area contributed by atoms with Gasteiger partial charge in [0.15, 0.2) is 0 Å². The fraction of sp³-hybridized carbons (Fsp3) is 0.417. The van der Waals surface area contributed by atoms with Crippen molar-refractivity contribution < 1.29 is 4.79 Å². The first-order valence-electron chi connectivity index (χ1n) is 5.12. The average Bonchev–Trinajstić information content (AvgIpc) is 2.18. The van der Waals surface area contributed by atoms with Crippen molar-refractivity contribution in [3.8, 4) is 0 Å². The molecule has 82 valence electrons. The van der Waals surface area contributed by atoms with Gasteiger partial charge in [0.05, 0.1) is 0 Å². The molecule has 1 aromatic carbocycles. The van der Waals surface area contributed by atoms with Crippen molar-refractivity contribution in [3.05, 3.63) is 34.9 Å². The van der Waals surface area contributed by atoms with E-state index in [4.69, 9.17) is 11.6 Å². The molecule has 0 heterocycles. The smallest absolute Gasteiger partial charge is 0.222 e. The minimum absolute atomic E-state index is 0.178. The number of hydrogen-bond donors (Lipinski definition) is 0. The third-order valence-corrected chi connectivity index (χ3v) is 2.43. The maximum atomic E-state index is 11.5. The number of rotatable bonds is 4. The van der Waals surface area contributed by atoms with Gasteiger partial charge in [-0.2, -0.15) is 0 Å². The SMILES string of the molecule is CCCC(=O)N(C)Cc1cccc(Cl)c1. The molecule has 0 fully saturated rings. The fourth-order valence-corrected chi connectivity index (χ4v) is 1.61. The minimum atomic E-state index is 0.178. The maximum Gasteiger partial charge on any atom is 0.222 e. The van der Waals surface area contributed by atoms with Crippen molar-refractivity contribution >= 4 is 17.5 Å². The molecule has 2 nitrogen and oxygen atoms in total. The summed E-state index contributed by atoms with van der Waals surface area (Å²) in [5.74, 6) is 0.178. The minimum Gasteiger partial charge on any atom is -0.341 e. The first kappa shape index (κ1) is 12.1. The predicted molar refractivity (Wildman–Crippen MR) is 62.8 cm³/mol. The van der Waals surface area contributed by atoms with Crippen LogP contribution in [-0.2, 0) is 11.3 Å². The summed E-state index contributed by atoms with van der Waals surface area (Å²) in [6.45, 7) is 2.63. The van der Waals surface area contributed by atoms with E-state index in [0.717, 1.165) is 12.0 Å². The summed E-state index contributed by atoms with van der Waals surface area (Å²) < 4.78 is 0. The second-order valence-electron chi connectivity index (χ2n) is 3.63. The molecule has 3 heteroatoms. The van der Waals surface area contributed by atoms with Crippen molar-refractivity contribution in [2.24, 2.45) is 0 Å². The summed E-state index contributed by atoms with van der Waals surface area (Å²) in [6.07, 6.45) is 1.50. The zero-order chi connectivity index (χ0) is 11.3. The fourth-order valence-electron chi connectivity index (χ4n) is 1.40. The van der Waals surface area contributed by atoms with Gasteiger partial charge in [0.1, 0.15) is 0 Å². The Kier molecular flexibility index (Phi) is 4.63. The summed E-state index contributed by atoms with van der Waals surface area (Å²) in [5.41, 5.74) is 1.06. The lowest BCUT2D eigenvalue weighted by Gasteiger charge is -2.16. The van der Waals surface area contributed by atoms with Gasteiger partial charge in [0.25, 0.3) is 0 Å². The lowest BCUT2D eigenvalue weighted by molar-refractivity contribution is -0.130. The van der Waals surface area contributed by atoms with Crippen molar-refractivity contribution in [1.29, 1.82) is 0 Å². The number of benzene rings is 1. The number of carbonyl (C=O) groups excluding carboxylic acids is 1. The Labute approximate surface area is 95.8 Å². The van der Waals surface area contributed by atoms with Gasteiger partial charge in [-0.3, -0.25) is 4.79 Å². The molecule has 0 aromatic heterocycles. The summed E-state index contributed by atoms with van der Waals surface area (Å²) in [6, 6.07) is 7.59. The highest BCUT2D eigenvalue weighted by Crippen LogP contribution is 2.12. The molecule has 0 spiro atoms. The Balaban J connectivity index is 2.58. The summed E-state index contributed by atoms with van der Waals surface area (Å²) in [4.78, 5) is 13.3. The van der Waals surface area contributed by atoms with Crippen LogP contribution in [0.1, 0.15) is 25.3 Å². The Bertz CT molecular complexity index is 338. The van der Waals surface area contributed by atoms with Crippen molar-refractivity contribution in [2.75, 3.05) is 7.05 Å². The molecule has 0 aliphatic rings. The highest BCUT2D eigenvalue weighted by molar-refractivity contribution is 6.30. The van der Waals surface area contributed by atoms with E-state index >= 15 is 0 Å². The van der Waals surface area contributed by atoms with E-state index in [-0.39, 0.29) is 5.91 Å². The predicted octanol–water partition coefficient (Wildman–Crippen LogP) is 3.10. The molecule has 1 rings (SSSR count). The van der Waals surface area contributed by atoms with Gasteiger partial charge in [-0.1, -0.05) is 30.7 Å². The molecule has 0 saturated carbocycles. The van der Waals surface area contributed by atoms with Gasteiger partial charge >= 0.3 is 0 Å². The van der Waals surface area contributed by atoms with Crippen LogP contribution in [0, 0.1) is 0 Å². The molecule has 0 aliphatic carbocycles. The van der Waals surface area contributed by atoms with Crippen molar-refractivity contribution in [2.45, 2.75) is 26.3 Å². The molecular formula is C12H16ClNO. The van der Waals surface area contributed by atoms with E-state index in [1.807, 2.05) is 38.2 Å². The van der Waals surface area contributed by atoms with Crippen LogP contribution < -0.4 is 0 Å². The number of carbonyl (C=O) groups is 1. The zero-order valence-electron chi connectivity index (χ0n) is 9.16. The van der Waals surface area contributed by atoms with Crippen LogP contribution in [0.2, 0.25) is 5.02 Å². The lowest BCUT2D eigenvalue weighted by Crippen LogP contribution is -2.25. The summed E-state index contributed by atoms with van der Waals surface area (Å²) >= 11 is 5.87. The van der Waals surface area contributed by atoms with Crippen LogP contribution in [0.5, 0.6) is 0 Å². The van der Waals surface area contributed by atoms with Crippen LogP contribution in [0.4, 0.5) is 0 Å². The molecule has 0 radical (unpaired) electrons. The first-order chi connectivity index (χ1) is 7.13. The van der Waals surface area contributed by atoms with Crippen molar-refractivity contribution in [1.82, 2.24) is 4.90 Å². The quantitative estimate of drug-likeness (QED) is 0.771. The van der Waals surface area contributed by atoms with Crippen molar-refractivity contribution in [3.63, 3.8) is 0 Å². The largest absolute Gasteiger partial charge is 0.341 e. The van der Waals surface area contributed by atoms with Gasteiger partial charge in [-0.15, -0.1) is 0 Å². The van der Waals surface area contributed by atoms with Gasteiger partial charge in [0.2, 0.25) is 5.91 Å². The topological polar surface area (TPSA) is 20.3 Å². The number of halogens is 1. The Morgan fingerprint density at radius 2 is 2.20 bits per heavy atom. The molecule has 15 heavy (non-hydrogen) atoms. The molecule has 0 atom stereocenters. The van der Waals surface area contributed by atoms with E-state index in [0.29, 0.717) is 18.0 Å². The molecule has 1 amide bonds. The van der Waals surface area contributed by atoms with Crippen LogP contribution in [0.15, 0.2) is 24.3 Å². The van der Waals surface area contributed by atoms with Gasteiger partial charge in [0, 0.05) is 25.0 Å². The number of hydrogen-bond acceptors (Lipinski definition) is 1. The van der Waals surface area contributed by atoms with Gasteiger partial charge < -0.3 is 4.90 Å². The first-order valence-corrected chi connectivity index (χ1v) is 5.49. The van der Waals surface area contributed by atoms with Gasteiger partial charge in [-0.05, 0) is 24.1 Å². The third-order valence-electron chi connectivity index (χ3n) is 2.20. The van der Waals surface area contributed by atoms with E-state index < -0.39 is 0 Å². The highest BCUT2D eigenvalue weighted by Gasteiger charge is 2.07. The normalized spacial score (nSPS) is 10.1. The highest BCUT2D eigenvalue weighted by atomic mass is 35.5. The standard InChI is InChI=1S/C12H16ClNO/c1-3-5-12(15)14(2)9-10-6-4-7-11(13)8-10/h4,6-8H,3,5,9H2,1-2H3. The van der Waals surface area contributed by atoms with E-state index in [9.17, 15) is 4.79 Å². The summed E-state index contributed by atoms with van der Waals surface area (Å²) in [7, 11) is 1.82. The molecule has 0 saturated heterocycles. The molecule has 1 aromatic rings. The van der Waals surface area contributed by atoms with Crippen LogP contribution in [0.25, 0.3) is 0 Å². The molecule has 0 aliphatic heterocycles. The molecular weight excluding hydrogens is 210 g/mol. The number of nitrogens with zero attached hydrogens (tertiary/aromatic N) is 1. The molecule has 0 bridgehead atoms. The maximum absolute atomic E-state index is 11.5. The van der Waals surface area contributed by atoms with E-state index in [1.54, 1.807) is 4.90 Å². The monoisotopic (exact) mass is 225 g/mol. The average molecular weight is 226 g/mol. The van der Waals surface area contributed by atoms with E-state index in [1.165, 1.54) is 0 Å². The second-order valence-corrected chi connectivity index (χ2v) is 4.07. The zero-order valence-corrected chi connectivity index (χ0v) is 9.92. The Morgan fingerprint density at radius 1 is 1.47 bits per heavy atom. The van der Waals surface area contributed by atoms with Gasteiger partial charge in [-0.25, -0.2) is 0 Å². The second kappa shape index (κ2) is 5.76. The Hall–Kier alpha value is -1.02. The van der Waals surface area contributed by atoms with Crippen LogP contribution in [-0.4, -0.2) is 17.9 Å². The Morgan fingerprint density at radius 3 is 2.80 bits per heavy atom. The molecule has 0 unspecified atom stereocenters. The van der Waals surface area contributed by atoms with Crippen LogP contribution in [0.3, 0.4) is 0 Å². The third kappa shape index (κ3) is 3.92. The molecule has 0 N–H and O–H groups in total. The summed E-state index contributed by atoms with van der Waals surface area (Å²) in [5, 5.41) is 0.712. The van der Waals surface area contributed by atoms with E-state index in [2.05, 4.69) is 0 Å².